The van der Waals surface area contributed by atoms with E-state index in [2.05, 4.69) is 26.2 Å². The fourth-order valence-corrected chi connectivity index (χ4v) is 1.99. The number of carbonyl (C=O) groups excluding carboxylic acids is 1. The van der Waals surface area contributed by atoms with E-state index in [0.717, 1.165) is 10.0 Å². The number of nitrogens with zero attached hydrogens (tertiary/aromatic N) is 1. The van der Waals surface area contributed by atoms with E-state index in [4.69, 9.17) is 5.73 Å². The van der Waals surface area contributed by atoms with Gasteiger partial charge in [0.1, 0.15) is 5.82 Å². The van der Waals surface area contributed by atoms with Gasteiger partial charge in [0.05, 0.1) is 5.56 Å². The van der Waals surface area contributed by atoms with Crippen LogP contribution in [0.1, 0.15) is 15.9 Å². The van der Waals surface area contributed by atoms with Gasteiger partial charge in [0.2, 0.25) is 0 Å². The maximum atomic E-state index is 13.3. The number of benzene rings is 1. The molecule has 0 aliphatic heterocycles. The van der Waals surface area contributed by atoms with Gasteiger partial charge in [-0.15, -0.1) is 0 Å². The minimum Gasteiger partial charge on any atom is -0.381 e. The number of anilines is 1. The van der Waals surface area contributed by atoms with Crippen molar-refractivity contribution in [3.8, 4) is 0 Å². The van der Waals surface area contributed by atoms with Crippen LogP contribution in [0.15, 0.2) is 41.1 Å². The fourth-order valence-electron chi connectivity index (χ4n) is 1.58. The molecule has 0 aliphatic rings. The Bertz CT molecular complexity index is 619. The van der Waals surface area contributed by atoms with Crippen LogP contribution in [0.2, 0.25) is 0 Å². The smallest absolute Gasteiger partial charge is 0.251 e. The molecule has 0 unspecified atom stereocenters. The molecule has 0 fully saturated rings. The molecule has 4 nitrogen and oxygen atoms in total. The first kappa shape index (κ1) is 13.5. The van der Waals surface area contributed by atoms with Gasteiger partial charge in [-0.05, 0) is 45.8 Å². The summed E-state index contributed by atoms with van der Waals surface area (Å²) in [7, 11) is 0. The summed E-state index contributed by atoms with van der Waals surface area (Å²) in [5.74, 6) is -1.41. The largest absolute Gasteiger partial charge is 0.381 e. The summed E-state index contributed by atoms with van der Waals surface area (Å²) < 4.78 is 14.2. The van der Waals surface area contributed by atoms with E-state index in [0.29, 0.717) is 12.2 Å². The third-order valence-corrected chi connectivity index (χ3v) is 2.92. The minimum absolute atomic E-state index is 0.127. The van der Waals surface area contributed by atoms with Crippen LogP contribution in [-0.4, -0.2) is 10.9 Å². The van der Waals surface area contributed by atoms with Gasteiger partial charge in [-0.3, -0.25) is 9.78 Å². The van der Waals surface area contributed by atoms with Gasteiger partial charge in [-0.2, -0.15) is 0 Å². The number of amides is 1. The maximum Gasteiger partial charge on any atom is 0.251 e. The first-order chi connectivity index (χ1) is 9.06. The van der Waals surface area contributed by atoms with Crippen LogP contribution in [0.4, 0.5) is 10.1 Å². The Labute approximate surface area is 118 Å². The highest BCUT2D eigenvalue weighted by Gasteiger charge is 2.08. The molecule has 1 aromatic carbocycles. The SMILES string of the molecule is NC(=O)c1cc(NCc2cncc(Br)c2)ccc1F. The molecule has 0 bridgehead atoms. The Balaban J connectivity index is 2.12. The molecule has 0 saturated heterocycles. The highest BCUT2D eigenvalue weighted by atomic mass is 79.9. The van der Waals surface area contributed by atoms with Crippen molar-refractivity contribution < 1.29 is 9.18 Å². The topological polar surface area (TPSA) is 68.0 Å². The molecule has 0 spiro atoms. The van der Waals surface area contributed by atoms with Crippen LogP contribution in [-0.2, 0) is 6.54 Å². The Morgan fingerprint density at radius 1 is 1.37 bits per heavy atom. The van der Waals surface area contributed by atoms with Crippen molar-refractivity contribution in [1.82, 2.24) is 4.98 Å². The molecule has 98 valence electrons. The predicted octanol–water partition coefficient (Wildman–Crippen LogP) is 2.69. The van der Waals surface area contributed by atoms with E-state index in [9.17, 15) is 9.18 Å². The van der Waals surface area contributed by atoms with Crippen molar-refractivity contribution in [3.05, 3.63) is 58.1 Å². The Kier molecular flexibility index (Phi) is 4.11. The number of primary amides is 1. The number of rotatable bonds is 4. The number of halogens is 2. The lowest BCUT2D eigenvalue weighted by Crippen LogP contribution is -2.13. The zero-order valence-corrected chi connectivity index (χ0v) is 11.4. The van der Waals surface area contributed by atoms with Gasteiger partial charge < -0.3 is 11.1 Å². The summed E-state index contributed by atoms with van der Waals surface area (Å²) in [4.78, 5) is 15.1. The third kappa shape index (κ3) is 3.51. The lowest BCUT2D eigenvalue weighted by atomic mass is 10.1. The molecule has 1 aromatic heterocycles. The fraction of sp³-hybridized carbons (Fsp3) is 0.0769. The maximum absolute atomic E-state index is 13.3. The van der Waals surface area contributed by atoms with Gasteiger partial charge >= 0.3 is 0 Å². The van der Waals surface area contributed by atoms with Crippen molar-refractivity contribution in [2.75, 3.05) is 5.32 Å². The molecular formula is C13H11BrFN3O. The number of pyridine rings is 1. The summed E-state index contributed by atoms with van der Waals surface area (Å²) >= 11 is 3.33. The predicted molar refractivity (Wildman–Crippen MR) is 74.2 cm³/mol. The monoisotopic (exact) mass is 323 g/mol. The Morgan fingerprint density at radius 3 is 2.84 bits per heavy atom. The van der Waals surface area contributed by atoms with E-state index >= 15 is 0 Å². The van der Waals surface area contributed by atoms with Crippen LogP contribution in [0.5, 0.6) is 0 Å². The highest BCUT2D eigenvalue weighted by Crippen LogP contribution is 2.16. The van der Waals surface area contributed by atoms with Crippen molar-refractivity contribution in [1.29, 1.82) is 0 Å². The Hall–Kier alpha value is -1.95. The number of carbonyl (C=O) groups is 1. The number of hydrogen-bond acceptors (Lipinski definition) is 3. The molecule has 0 radical (unpaired) electrons. The summed E-state index contributed by atoms with van der Waals surface area (Å²) in [5, 5.41) is 3.08. The number of nitrogens with two attached hydrogens (primary N) is 1. The van der Waals surface area contributed by atoms with E-state index in [1.54, 1.807) is 18.5 Å². The number of nitrogens with one attached hydrogen (secondary N) is 1. The van der Waals surface area contributed by atoms with Gasteiger partial charge in [-0.1, -0.05) is 0 Å². The van der Waals surface area contributed by atoms with Gasteiger partial charge in [0, 0.05) is 29.1 Å². The first-order valence-corrected chi connectivity index (χ1v) is 6.28. The lowest BCUT2D eigenvalue weighted by molar-refractivity contribution is 0.0996. The van der Waals surface area contributed by atoms with E-state index in [1.165, 1.54) is 12.1 Å². The van der Waals surface area contributed by atoms with Crippen LogP contribution in [0.25, 0.3) is 0 Å². The lowest BCUT2D eigenvalue weighted by Gasteiger charge is -2.08. The van der Waals surface area contributed by atoms with Gasteiger partial charge in [-0.25, -0.2) is 4.39 Å². The van der Waals surface area contributed by atoms with Crippen LogP contribution >= 0.6 is 15.9 Å². The van der Waals surface area contributed by atoms with Gasteiger partial charge in [0.25, 0.3) is 5.91 Å². The molecule has 6 heteroatoms. The molecule has 1 heterocycles. The zero-order valence-electron chi connectivity index (χ0n) is 9.86. The second-order valence-electron chi connectivity index (χ2n) is 3.92. The Morgan fingerprint density at radius 2 is 2.16 bits per heavy atom. The minimum atomic E-state index is -0.787. The second kappa shape index (κ2) is 5.79. The summed E-state index contributed by atoms with van der Waals surface area (Å²) in [6.45, 7) is 0.510. The second-order valence-corrected chi connectivity index (χ2v) is 4.84. The molecule has 2 rings (SSSR count). The molecule has 0 atom stereocenters. The van der Waals surface area contributed by atoms with Crippen molar-refractivity contribution in [3.63, 3.8) is 0 Å². The van der Waals surface area contributed by atoms with E-state index < -0.39 is 11.7 Å². The summed E-state index contributed by atoms with van der Waals surface area (Å²) in [5.41, 5.74) is 6.54. The first-order valence-electron chi connectivity index (χ1n) is 5.49. The normalized spacial score (nSPS) is 10.2. The molecule has 1 amide bonds. The van der Waals surface area contributed by atoms with Crippen molar-refractivity contribution in [2.24, 2.45) is 5.73 Å². The van der Waals surface area contributed by atoms with Gasteiger partial charge in [0.15, 0.2) is 0 Å². The third-order valence-electron chi connectivity index (χ3n) is 2.49. The average Bonchev–Trinajstić information content (AvgIpc) is 2.37. The molecule has 0 aliphatic carbocycles. The standard InChI is InChI=1S/C13H11BrFN3O/c14-9-3-8(5-17-7-9)6-18-10-1-2-12(15)11(4-10)13(16)19/h1-5,7,18H,6H2,(H2,16,19). The zero-order chi connectivity index (χ0) is 13.8. The molecule has 19 heavy (non-hydrogen) atoms. The van der Waals surface area contributed by atoms with Crippen LogP contribution < -0.4 is 11.1 Å². The molecule has 0 saturated carbocycles. The number of hydrogen-bond donors (Lipinski definition) is 2. The molecular weight excluding hydrogens is 313 g/mol. The number of aromatic nitrogens is 1. The van der Waals surface area contributed by atoms with E-state index in [1.807, 2.05) is 6.07 Å². The van der Waals surface area contributed by atoms with Crippen LogP contribution in [0.3, 0.4) is 0 Å². The summed E-state index contributed by atoms with van der Waals surface area (Å²) in [6.07, 6.45) is 3.41. The molecule has 3 N–H and O–H groups in total. The van der Waals surface area contributed by atoms with E-state index in [-0.39, 0.29) is 5.56 Å². The molecule has 2 aromatic rings. The van der Waals surface area contributed by atoms with Crippen LogP contribution in [0, 0.1) is 5.82 Å². The average molecular weight is 324 g/mol. The van der Waals surface area contributed by atoms with Crippen molar-refractivity contribution >= 4 is 27.5 Å². The summed E-state index contributed by atoms with van der Waals surface area (Å²) in [6, 6.07) is 6.07. The van der Waals surface area contributed by atoms with Crippen molar-refractivity contribution in [2.45, 2.75) is 6.54 Å². The highest BCUT2D eigenvalue weighted by molar-refractivity contribution is 9.10. The quantitative estimate of drug-likeness (QED) is 0.909.